The lowest BCUT2D eigenvalue weighted by molar-refractivity contribution is 0.0128. The summed E-state index contributed by atoms with van der Waals surface area (Å²) in [7, 11) is 0. The molecule has 5 heteroatoms. The second-order valence-electron chi connectivity index (χ2n) is 1.92. The van der Waals surface area contributed by atoms with Crippen molar-refractivity contribution >= 4 is 24.7 Å². The second-order valence-corrected chi connectivity index (χ2v) is 3.28. The summed E-state index contributed by atoms with van der Waals surface area (Å²) in [5.41, 5.74) is 5.48. The molecule has 1 aliphatic rings. The van der Waals surface area contributed by atoms with E-state index in [1.165, 1.54) is 0 Å². The minimum atomic E-state index is -1.09. The first-order valence-corrected chi connectivity index (χ1v) is 4.02. The topological polar surface area (TPSA) is 58.8 Å². The fraction of sp³-hybridized carbons (Fsp3) is 1.00. The first kappa shape index (κ1) is 7.68. The smallest absolute Gasteiger partial charge is 0.268 e. The van der Waals surface area contributed by atoms with E-state index in [0.717, 1.165) is 12.0 Å². The molecule has 3 N–H and O–H groups in total. The van der Waals surface area contributed by atoms with Gasteiger partial charge in [0.25, 0.3) is 5.12 Å². The van der Waals surface area contributed by atoms with Crippen LogP contribution in [-0.2, 0) is 4.18 Å². The van der Waals surface area contributed by atoms with Crippen LogP contribution in [0, 0.1) is 0 Å². The van der Waals surface area contributed by atoms with Crippen LogP contribution in [-0.4, -0.2) is 22.0 Å². The van der Waals surface area contributed by atoms with Gasteiger partial charge in [-0.1, -0.05) is 0 Å². The van der Waals surface area contributed by atoms with Gasteiger partial charge in [0.15, 0.2) is 0 Å². The maximum atomic E-state index is 9.11. The largest absolute Gasteiger partial charge is 0.354 e. The number of hydrogen-bond donors (Lipinski definition) is 3. The Labute approximate surface area is 63.6 Å². The van der Waals surface area contributed by atoms with Crippen LogP contribution in [0.4, 0.5) is 0 Å². The first-order chi connectivity index (χ1) is 4.19. The number of nitrogens with two attached hydrogens (primary N) is 1. The molecule has 0 amide bonds. The molecule has 1 rings (SSSR count). The van der Waals surface area contributed by atoms with E-state index in [9.17, 15) is 0 Å². The normalized spacial score (nSPS) is 36.3. The second kappa shape index (κ2) is 2.67. The van der Waals surface area contributed by atoms with E-state index in [0.29, 0.717) is 12.2 Å². The quantitative estimate of drug-likeness (QED) is 0.313. The highest BCUT2D eigenvalue weighted by Gasteiger charge is 2.51. The molecule has 0 bridgehead atoms. The molecule has 0 aliphatic carbocycles. The third kappa shape index (κ3) is 1.75. The van der Waals surface area contributed by atoms with Crippen LogP contribution >= 0.6 is 24.7 Å². The van der Waals surface area contributed by atoms with E-state index in [4.69, 9.17) is 10.8 Å². The van der Waals surface area contributed by atoms with Gasteiger partial charge in [0.05, 0.1) is 18.1 Å². The highest BCUT2D eigenvalue weighted by molar-refractivity contribution is 8.01. The molecule has 3 nitrogen and oxygen atoms in total. The molecule has 0 aromatic carbocycles. The summed E-state index contributed by atoms with van der Waals surface area (Å²) >= 11 is 4.98. The van der Waals surface area contributed by atoms with Crippen molar-refractivity contribution in [2.75, 3.05) is 5.75 Å². The monoisotopic (exact) mass is 167 g/mol. The SMILES string of the molecule is N[C@@H](CCS)C1(O)OS1. The van der Waals surface area contributed by atoms with Crippen LogP contribution in [0.2, 0.25) is 0 Å². The fourth-order valence-electron chi connectivity index (χ4n) is 0.488. The van der Waals surface area contributed by atoms with Gasteiger partial charge in [0.1, 0.15) is 0 Å². The maximum absolute atomic E-state index is 9.11. The molecule has 1 aliphatic heterocycles. The van der Waals surface area contributed by atoms with E-state index < -0.39 is 5.12 Å². The van der Waals surface area contributed by atoms with Gasteiger partial charge in [-0.3, -0.25) is 4.18 Å². The van der Waals surface area contributed by atoms with Gasteiger partial charge < -0.3 is 10.8 Å². The van der Waals surface area contributed by atoms with Crippen molar-refractivity contribution in [2.45, 2.75) is 17.6 Å². The third-order valence-corrected chi connectivity index (χ3v) is 2.23. The Kier molecular flexibility index (Phi) is 2.28. The Morgan fingerprint density at radius 1 is 1.89 bits per heavy atom. The predicted molar refractivity (Wildman–Crippen MR) is 40.1 cm³/mol. The minimum Gasteiger partial charge on any atom is -0.354 e. The number of aliphatic hydroxyl groups is 1. The zero-order valence-corrected chi connectivity index (χ0v) is 6.49. The molecular weight excluding hydrogens is 158 g/mol. The number of rotatable bonds is 3. The zero-order chi connectivity index (χ0) is 6.91. The van der Waals surface area contributed by atoms with Crippen LogP contribution in [0.15, 0.2) is 0 Å². The Morgan fingerprint density at radius 3 is 2.78 bits per heavy atom. The van der Waals surface area contributed by atoms with Crippen molar-refractivity contribution in [3.05, 3.63) is 0 Å². The summed E-state index contributed by atoms with van der Waals surface area (Å²) in [5.74, 6) is 0.674. The van der Waals surface area contributed by atoms with Crippen molar-refractivity contribution in [1.29, 1.82) is 0 Å². The standard InChI is InChI=1S/C4H9NO2S2/c5-3(1-2-8)4(6)7-9-4/h3,6,8H,1-2,5H2/t3-,4?/m0/s1. The zero-order valence-electron chi connectivity index (χ0n) is 4.78. The summed E-state index contributed by atoms with van der Waals surface area (Å²) in [6.07, 6.45) is 0.673. The molecule has 0 radical (unpaired) electrons. The van der Waals surface area contributed by atoms with Gasteiger partial charge in [-0.15, -0.1) is 0 Å². The van der Waals surface area contributed by atoms with Crippen molar-refractivity contribution in [3.63, 3.8) is 0 Å². The summed E-state index contributed by atoms with van der Waals surface area (Å²) in [6.45, 7) is 0. The average molecular weight is 167 g/mol. The van der Waals surface area contributed by atoms with E-state index in [1.807, 2.05) is 0 Å². The average Bonchev–Trinajstić information content (AvgIpc) is 2.50. The molecule has 1 saturated heterocycles. The molecule has 0 saturated carbocycles. The molecule has 9 heavy (non-hydrogen) atoms. The predicted octanol–water partition coefficient (Wildman–Crippen LogP) is -0.0419. The summed E-state index contributed by atoms with van der Waals surface area (Å²) in [4.78, 5) is 0. The van der Waals surface area contributed by atoms with Crippen molar-refractivity contribution < 1.29 is 9.29 Å². The van der Waals surface area contributed by atoms with Gasteiger partial charge in [-0.2, -0.15) is 12.6 Å². The van der Waals surface area contributed by atoms with Gasteiger partial charge >= 0.3 is 0 Å². The maximum Gasteiger partial charge on any atom is 0.268 e. The molecule has 0 spiro atoms. The van der Waals surface area contributed by atoms with Gasteiger partial charge in [-0.25, -0.2) is 0 Å². The van der Waals surface area contributed by atoms with E-state index >= 15 is 0 Å². The molecular formula is C4H9NO2S2. The van der Waals surface area contributed by atoms with Crippen molar-refractivity contribution in [2.24, 2.45) is 5.73 Å². The summed E-state index contributed by atoms with van der Waals surface area (Å²) in [6, 6.07) is -0.306. The van der Waals surface area contributed by atoms with Gasteiger partial charge in [-0.05, 0) is 12.2 Å². The van der Waals surface area contributed by atoms with E-state index in [2.05, 4.69) is 16.8 Å². The Balaban J connectivity index is 2.24. The van der Waals surface area contributed by atoms with Crippen LogP contribution < -0.4 is 5.73 Å². The van der Waals surface area contributed by atoms with Crippen LogP contribution in [0.3, 0.4) is 0 Å². The molecule has 0 aromatic rings. The lowest BCUT2D eigenvalue weighted by Gasteiger charge is -2.09. The van der Waals surface area contributed by atoms with E-state index in [1.54, 1.807) is 0 Å². The van der Waals surface area contributed by atoms with Gasteiger partial charge in [0.2, 0.25) is 0 Å². The van der Waals surface area contributed by atoms with Crippen LogP contribution in [0.25, 0.3) is 0 Å². The molecule has 2 atom stereocenters. The summed E-state index contributed by atoms with van der Waals surface area (Å²) < 4.78 is 4.62. The number of hydrogen-bond acceptors (Lipinski definition) is 5. The van der Waals surface area contributed by atoms with Crippen molar-refractivity contribution in [1.82, 2.24) is 0 Å². The highest BCUT2D eigenvalue weighted by Crippen LogP contribution is 2.47. The first-order valence-electron chi connectivity index (χ1n) is 2.65. The molecule has 0 aromatic heterocycles. The Hall–Kier alpha value is 0.580. The van der Waals surface area contributed by atoms with Crippen LogP contribution in [0.1, 0.15) is 6.42 Å². The third-order valence-electron chi connectivity index (χ3n) is 1.16. The fourth-order valence-corrected chi connectivity index (χ4v) is 1.22. The summed E-state index contributed by atoms with van der Waals surface area (Å²) in [5, 5.41) is 8.02. The molecule has 1 fully saturated rings. The molecule has 54 valence electrons. The molecule has 1 unspecified atom stereocenters. The minimum absolute atomic E-state index is 0.306. The van der Waals surface area contributed by atoms with E-state index in [-0.39, 0.29) is 6.04 Å². The lowest BCUT2D eigenvalue weighted by atomic mass is 10.2. The number of thiol groups is 1. The molecule has 1 heterocycles. The van der Waals surface area contributed by atoms with Gasteiger partial charge in [0, 0.05) is 0 Å². The van der Waals surface area contributed by atoms with Crippen LogP contribution in [0.5, 0.6) is 0 Å². The highest BCUT2D eigenvalue weighted by atomic mass is 32.2. The van der Waals surface area contributed by atoms with Crippen molar-refractivity contribution in [3.8, 4) is 0 Å². The Morgan fingerprint density at radius 2 is 2.44 bits per heavy atom. The lowest BCUT2D eigenvalue weighted by Crippen LogP contribution is -2.36. The Bertz CT molecular complexity index is 107.